The average molecular weight is 205 g/mol. The van der Waals surface area contributed by atoms with Gasteiger partial charge in [0.1, 0.15) is 11.5 Å². The van der Waals surface area contributed by atoms with E-state index in [1.54, 1.807) is 12.1 Å². The van der Waals surface area contributed by atoms with Gasteiger partial charge in [0, 0.05) is 0 Å². The molecule has 0 unspecified atom stereocenters. The fraction of sp³-hybridized carbons (Fsp3) is 0.182. The molecule has 1 aromatic rings. The molecule has 0 aliphatic carbocycles. The Morgan fingerprint density at radius 3 is 2.73 bits per heavy atom. The lowest BCUT2D eigenvalue weighted by Crippen LogP contribution is -2.28. The molecule has 0 aliphatic heterocycles. The van der Waals surface area contributed by atoms with Crippen LogP contribution in [-0.2, 0) is 4.79 Å². The summed E-state index contributed by atoms with van der Waals surface area (Å²) in [5.74, 6) is 2.68. The molecule has 78 valence electrons. The number of phenolic OH excluding ortho intramolecular Hbond substituents is 1. The van der Waals surface area contributed by atoms with Crippen molar-refractivity contribution in [2.75, 3.05) is 13.2 Å². The van der Waals surface area contributed by atoms with Gasteiger partial charge in [-0.1, -0.05) is 5.92 Å². The SMILES string of the molecule is C#CCNC(=O)COc1ccc(O)cc1. The summed E-state index contributed by atoms with van der Waals surface area (Å²) < 4.78 is 5.13. The van der Waals surface area contributed by atoms with E-state index in [1.165, 1.54) is 12.1 Å². The van der Waals surface area contributed by atoms with Crippen LogP contribution in [0.4, 0.5) is 0 Å². The predicted molar refractivity (Wildman–Crippen MR) is 55.4 cm³/mol. The number of ether oxygens (including phenoxy) is 1. The van der Waals surface area contributed by atoms with Crippen molar-refractivity contribution in [1.82, 2.24) is 5.32 Å². The molecule has 15 heavy (non-hydrogen) atoms. The summed E-state index contributed by atoms with van der Waals surface area (Å²) in [6, 6.07) is 6.11. The van der Waals surface area contributed by atoms with Crippen molar-refractivity contribution in [2.45, 2.75) is 0 Å². The fourth-order valence-corrected chi connectivity index (χ4v) is 0.892. The molecular formula is C11H11NO3. The summed E-state index contributed by atoms with van der Waals surface area (Å²) in [4.78, 5) is 11.1. The molecule has 0 radical (unpaired) electrons. The number of carbonyl (C=O) groups excluding carboxylic acids is 1. The van der Waals surface area contributed by atoms with Crippen molar-refractivity contribution >= 4 is 5.91 Å². The second kappa shape index (κ2) is 5.55. The van der Waals surface area contributed by atoms with E-state index in [2.05, 4.69) is 11.2 Å². The third-order valence-electron chi connectivity index (χ3n) is 1.59. The number of hydrogen-bond donors (Lipinski definition) is 2. The maximum Gasteiger partial charge on any atom is 0.258 e. The van der Waals surface area contributed by atoms with Crippen molar-refractivity contribution in [3.63, 3.8) is 0 Å². The van der Waals surface area contributed by atoms with E-state index < -0.39 is 0 Å². The number of aromatic hydroxyl groups is 1. The third-order valence-corrected chi connectivity index (χ3v) is 1.59. The molecule has 0 bridgehead atoms. The van der Waals surface area contributed by atoms with Crippen LogP contribution in [-0.4, -0.2) is 24.2 Å². The topological polar surface area (TPSA) is 58.6 Å². The van der Waals surface area contributed by atoms with Gasteiger partial charge in [0.15, 0.2) is 6.61 Å². The first-order valence-corrected chi connectivity index (χ1v) is 4.34. The largest absolute Gasteiger partial charge is 0.508 e. The van der Waals surface area contributed by atoms with E-state index in [0.29, 0.717) is 5.75 Å². The first kappa shape index (κ1) is 10.9. The van der Waals surface area contributed by atoms with Crippen molar-refractivity contribution in [2.24, 2.45) is 0 Å². The van der Waals surface area contributed by atoms with Crippen molar-refractivity contribution < 1.29 is 14.6 Å². The summed E-state index contributed by atoms with van der Waals surface area (Å²) in [6.07, 6.45) is 4.97. The molecule has 0 saturated carbocycles. The number of carbonyl (C=O) groups is 1. The second-order valence-electron chi connectivity index (χ2n) is 2.76. The van der Waals surface area contributed by atoms with Crippen LogP contribution >= 0.6 is 0 Å². The van der Waals surface area contributed by atoms with Gasteiger partial charge in [-0.15, -0.1) is 6.42 Å². The van der Waals surface area contributed by atoms with Crippen molar-refractivity contribution in [3.05, 3.63) is 24.3 Å². The quantitative estimate of drug-likeness (QED) is 0.704. The Hall–Kier alpha value is -2.15. The minimum absolute atomic E-state index is 0.0908. The molecular weight excluding hydrogens is 194 g/mol. The van der Waals surface area contributed by atoms with Gasteiger partial charge in [0.25, 0.3) is 5.91 Å². The summed E-state index contributed by atoms with van der Waals surface area (Å²) in [5, 5.41) is 11.5. The van der Waals surface area contributed by atoms with Gasteiger partial charge in [-0.3, -0.25) is 4.79 Å². The summed E-state index contributed by atoms with van der Waals surface area (Å²) in [7, 11) is 0. The number of benzene rings is 1. The van der Waals surface area contributed by atoms with Crippen LogP contribution in [0.5, 0.6) is 11.5 Å². The highest BCUT2D eigenvalue weighted by atomic mass is 16.5. The van der Waals surface area contributed by atoms with Gasteiger partial charge in [0.05, 0.1) is 6.54 Å². The number of amides is 1. The van der Waals surface area contributed by atoms with Crippen LogP contribution in [0.15, 0.2) is 24.3 Å². The van der Waals surface area contributed by atoms with Crippen LogP contribution in [0.2, 0.25) is 0 Å². The number of hydrogen-bond acceptors (Lipinski definition) is 3. The molecule has 0 heterocycles. The Labute approximate surface area is 87.9 Å². The van der Waals surface area contributed by atoms with Gasteiger partial charge >= 0.3 is 0 Å². The summed E-state index contributed by atoms with van der Waals surface area (Å²) in [6.45, 7) is 0.101. The minimum Gasteiger partial charge on any atom is -0.508 e. The monoisotopic (exact) mass is 205 g/mol. The van der Waals surface area contributed by atoms with E-state index in [9.17, 15) is 4.79 Å². The molecule has 0 spiro atoms. The normalized spacial score (nSPS) is 9.00. The number of phenols is 1. The zero-order valence-electron chi connectivity index (χ0n) is 8.06. The molecule has 0 aromatic heterocycles. The zero-order valence-corrected chi connectivity index (χ0v) is 8.06. The maximum atomic E-state index is 11.1. The van der Waals surface area contributed by atoms with Crippen molar-refractivity contribution in [1.29, 1.82) is 0 Å². The second-order valence-corrected chi connectivity index (χ2v) is 2.76. The molecule has 0 aliphatic rings. The Bertz CT molecular complexity index is 364. The fourth-order valence-electron chi connectivity index (χ4n) is 0.892. The van der Waals surface area contributed by atoms with E-state index in [1.807, 2.05) is 0 Å². The standard InChI is InChI=1S/C11H11NO3/c1-2-7-12-11(14)8-15-10-5-3-9(13)4-6-10/h1,3-6,13H,7-8H2,(H,12,14). The minimum atomic E-state index is -0.277. The highest BCUT2D eigenvalue weighted by Crippen LogP contribution is 2.15. The summed E-state index contributed by atoms with van der Waals surface area (Å²) in [5.41, 5.74) is 0. The van der Waals surface area contributed by atoms with E-state index in [4.69, 9.17) is 16.3 Å². The van der Waals surface area contributed by atoms with Crippen LogP contribution in [0.3, 0.4) is 0 Å². The lowest BCUT2D eigenvalue weighted by Gasteiger charge is -2.05. The zero-order chi connectivity index (χ0) is 11.1. The molecule has 2 N–H and O–H groups in total. The van der Waals surface area contributed by atoms with E-state index >= 15 is 0 Å². The molecule has 1 aromatic carbocycles. The summed E-state index contributed by atoms with van der Waals surface area (Å²) >= 11 is 0. The molecule has 4 nitrogen and oxygen atoms in total. The Kier molecular flexibility index (Phi) is 4.05. The van der Waals surface area contributed by atoms with Crippen LogP contribution in [0.1, 0.15) is 0 Å². The van der Waals surface area contributed by atoms with E-state index in [0.717, 1.165) is 0 Å². The number of rotatable bonds is 4. The molecule has 1 amide bonds. The first-order chi connectivity index (χ1) is 7.22. The highest BCUT2D eigenvalue weighted by molar-refractivity contribution is 5.77. The lowest BCUT2D eigenvalue weighted by molar-refractivity contribution is -0.122. The first-order valence-electron chi connectivity index (χ1n) is 4.34. The van der Waals surface area contributed by atoms with Crippen LogP contribution in [0, 0.1) is 12.3 Å². The van der Waals surface area contributed by atoms with Gasteiger partial charge in [-0.2, -0.15) is 0 Å². The van der Waals surface area contributed by atoms with Crippen LogP contribution < -0.4 is 10.1 Å². The predicted octanol–water partition coefficient (Wildman–Crippen LogP) is 0.520. The Morgan fingerprint density at radius 1 is 1.47 bits per heavy atom. The third kappa shape index (κ3) is 4.05. The smallest absolute Gasteiger partial charge is 0.258 e. The Balaban J connectivity index is 2.34. The molecule has 0 atom stereocenters. The molecule has 0 fully saturated rings. The van der Waals surface area contributed by atoms with Gasteiger partial charge in [0.2, 0.25) is 0 Å². The highest BCUT2D eigenvalue weighted by Gasteiger charge is 2.00. The molecule has 1 rings (SSSR count). The van der Waals surface area contributed by atoms with Gasteiger partial charge in [-0.05, 0) is 24.3 Å². The number of nitrogens with one attached hydrogen (secondary N) is 1. The molecule has 0 saturated heterocycles. The Morgan fingerprint density at radius 2 is 2.13 bits per heavy atom. The van der Waals surface area contributed by atoms with E-state index in [-0.39, 0.29) is 24.8 Å². The molecule has 4 heteroatoms. The lowest BCUT2D eigenvalue weighted by atomic mass is 10.3. The van der Waals surface area contributed by atoms with Crippen LogP contribution in [0.25, 0.3) is 0 Å². The average Bonchev–Trinajstić information content (AvgIpc) is 2.25. The number of terminal acetylenes is 1. The van der Waals surface area contributed by atoms with Gasteiger partial charge < -0.3 is 15.2 Å². The maximum absolute atomic E-state index is 11.1. The van der Waals surface area contributed by atoms with Gasteiger partial charge in [-0.25, -0.2) is 0 Å². The van der Waals surface area contributed by atoms with Crippen molar-refractivity contribution in [3.8, 4) is 23.8 Å².